The molecule has 0 unspecified atom stereocenters. The number of aromatic nitrogens is 1. The maximum Gasteiger partial charge on any atom is 0.255 e. The number of hydrogen-bond donors (Lipinski definition) is 1. The number of ether oxygens (including phenoxy) is 1. The van der Waals surface area contributed by atoms with Gasteiger partial charge in [-0.2, -0.15) is 0 Å². The number of nitrogens with one attached hydrogen (secondary N) is 1. The number of carbonyl (C=O) groups excluding carboxylic acids is 1. The molecule has 4 nitrogen and oxygen atoms in total. The SMILES string of the molecule is COc1cnccc1C(=O)NC(C)(C)CCCl. The second-order valence-corrected chi connectivity index (χ2v) is 4.73. The van der Waals surface area contributed by atoms with Gasteiger partial charge in [0.25, 0.3) is 5.91 Å². The standard InChI is InChI=1S/C12H17ClN2O2/c1-12(2,5-6-13)15-11(16)9-4-7-14-8-10(9)17-3/h4,7-8H,5-6H2,1-3H3,(H,15,16). The lowest BCUT2D eigenvalue weighted by molar-refractivity contribution is 0.0908. The first-order chi connectivity index (χ1) is 8.00. The Morgan fingerprint density at radius 2 is 2.29 bits per heavy atom. The van der Waals surface area contributed by atoms with Gasteiger partial charge in [0, 0.05) is 17.6 Å². The van der Waals surface area contributed by atoms with Gasteiger partial charge in [0.15, 0.2) is 0 Å². The van der Waals surface area contributed by atoms with Gasteiger partial charge in [-0.3, -0.25) is 9.78 Å². The highest BCUT2D eigenvalue weighted by molar-refractivity contribution is 6.17. The van der Waals surface area contributed by atoms with Crippen molar-refractivity contribution in [3.05, 3.63) is 24.0 Å². The van der Waals surface area contributed by atoms with Gasteiger partial charge in [0.05, 0.1) is 18.9 Å². The molecule has 94 valence electrons. The first-order valence-corrected chi connectivity index (χ1v) is 5.90. The van der Waals surface area contributed by atoms with Crippen molar-refractivity contribution in [2.45, 2.75) is 25.8 Å². The minimum atomic E-state index is -0.340. The molecule has 0 fully saturated rings. The molecule has 0 aliphatic carbocycles. The van der Waals surface area contributed by atoms with Crippen LogP contribution in [0.2, 0.25) is 0 Å². The number of amides is 1. The van der Waals surface area contributed by atoms with Crippen LogP contribution in [-0.2, 0) is 0 Å². The summed E-state index contributed by atoms with van der Waals surface area (Å²) < 4.78 is 5.09. The number of rotatable bonds is 5. The second kappa shape index (κ2) is 5.87. The molecular formula is C12H17ClN2O2. The summed E-state index contributed by atoms with van der Waals surface area (Å²) in [6, 6.07) is 1.63. The van der Waals surface area contributed by atoms with Gasteiger partial charge in [-0.25, -0.2) is 0 Å². The molecule has 0 radical (unpaired) electrons. The fraction of sp³-hybridized carbons (Fsp3) is 0.500. The van der Waals surface area contributed by atoms with E-state index in [4.69, 9.17) is 16.3 Å². The molecule has 0 spiro atoms. The summed E-state index contributed by atoms with van der Waals surface area (Å²) in [4.78, 5) is 16.0. The molecule has 1 rings (SSSR count). The van der Waals surface area contributed by atoms with Crippen LogP contribution in [0.15, 0.2) is 18.5 Å². The molecule has 1 heterocycles. The summed E-state index contributed by atoms with van der Waals surface area (Å²) in [5.41, 5.74) is 0.137. The van der Waals surface area contributed by atoms with E-state index in [1.54, 1.807) is 12.3 Å². The van der Waals surface area contributed by atoms with Crippen molar-refractivity contribution in [3.63, 3.8) is 0 Å². The Kier molecular flexibility index (Phi) is 4.75. The Hall–Kier alpha value is -1.29. The third-order valence-corrected chi connectivity index (χ3v) is 2.61. The minimum absolute atomic E-state index is 0.181. The lowest BCUT2D eigenvalue weighted by Gasteiger charge is -2.25. The molecule has 0 saturated carbocycles. The van der Waals surface area contributed by atoms with E-state index in [0.717, 1.165) is 0 Å². The molecule has 0 atom stereocenters. The van der Waals surface area contributed by atoms with Crippen LogP contribution in [0.1, 0.15) is 30.6 Å². The number of carbonyl (C=O) groups is 1. The van der Waals surface area contributed by atoms with Crippen LogP contribution in [-0.4, -0.2) is 29.4 Å². The molecule has 0 saturated heterocycles. The van der Waals surface area contributed by atoms with Gasteiger partial charge in [0.1, 0.15) is 5.75 Å². The van der Waals surface area contributed by atoms with Crippen LogP contribution >= 0.6 is 11.6 Å². The van der Waals surface area contributed by atoms with Crippen molar-refractivity contribution < 1.29 is 9.53 Å². The molecule has 1 aromatic rings. The molecule has 0 aliphatic rings. The van der Waals surface area contributed by atoms with E-state index in [-0.39, 0.29) is 11.4 Å². The van der Waals surface area contributed by atoms with E-state index in [1.165, 1.54) is 13.3 Å². The zero-order valence-electron chi connectivity index (χ0n) is 10.3. The van der Waals surface area contributed by atoms with Crippen molar-refractivity contribution in [1.29, 1.82) is 0 Å². The number of methoxy groups -OCH3 is 1. The highest BCUT2D eigenvalue weighted by Crippen LogP contribution is 2.17. The lowest BCUT2D eigenvalue weighted by atomic mass is 10.0. The normalized spacial score (nSPS) is 11.1. The van der Waals surface area contributed by atoms with E-state index in [0.29, 0.717) is 23.6 Å². The highest BCUT2D eigenvalue weighted by Gasteiger charge is 2.22. The Bertz CT molecular complexity index is 394. The van der Waals surface area contributed by atoms with Crippen molar-refractivity contribution in [3.8, 4) is 5.75 Å². The maximum atomic E-state index is 12.1. The van der Waals surface area contributed by atoms with E-state index in [1.807, 2.05) is 13.8 Å². The first kappa shape index (κ1) is 13.8. The van der Waals surface area contributed by atoms with Crippen LogP contribution in [0, 0.1) is 0 Å². The smallest absolute Gasteiger partial charge is 0.255 e. The van der Waals surface area contributed by atoms with Gasteiger partial charge < -0.3 is 10.1 Å². The summed E-state index contributed by atoms with van der Waals surface area (Å²) in [5.74, 6) is 0.784. The molecule has 1 N–H and O–H groups in total. The fourth-order valence-electron chi connectivity index (χ4n) is 1.40. The van der Waals surface area contributed by atoms with Gasteiger partial charge in [-0.1, -0.05) is 0 Å². The van der Waals surface area contributed by atoms with E-state index >= 15 is 0 Å². The maximum absolute atomic E-state index is 12.1. The topological polar surface area (TPSA) is 51.2 Å². The molecule has 5 heteroatoms. The van der Waals surface area contributed by atoms with Crippen LogP contribution < -0.4 is 10.1 Å². The van der Waals surface area contributed by atoms with Crippen molar-refractivity contribution in [2.24, 2.45) is 0 Å². The summed E-state index contributed by atoms with van der Waals surface area (Å²) in [7, 11) is 1.51. The average molecular weight is 257 g/mol. The average Bonchev–Trinajstić information content (AvgIpc) is 2.28. The van der Waals surface area contributed by atoms with Crippen molar-refractivity contribution in [2.75, 3.05) is 13.0 Å². The number of hydrogen-bond acceptors (Lipinski definition) is 3. The van der Waals surface area contributed by atoms with Crippen LogP contribution in [0.5, 0.6) is 5.75 Å². The number of alkyl halides is 1. The zero-order valence-corrected chi connectivity index (χ0v) is 11.0. The number of nitrogens with zero attached hydrogens (tertiary/aromatic N) is 1. The Morgan fingerprint density at radius 1 is 1.59 bits per heavy atom. The van der Waals surface area contributed by atoms with Gasteiger partial charge in [-0.15, -0.1) is 11.6 Å². The third kappa shape index (κ3) is 3.89. The van der Waals surface area contributed by atoms with E-state index in [2.05, 4.69) is 10.3 Å². The molecular weight excluding hydrogens is 240 g/mol. The zero-order chi connectivity index (χ0) is 12.9. The van der Waals surface area contributed by atoms with E-state index in [9.17, 15) is 4.79 Å². The number of halogens is 1. The van der Waals surface area contributed by atoms with Gasteiger partial charge in [-0.05, 0) is 26.3 Å². The quantitative estimate of drug-likeness (QED) is 0.822. The van der Waals surface area contributed by atoms with Crippen molar-refractivity contribution >= 4 is 17.5 Å². The Labute approximate surface area is 106 Å². The Balaban J connectivity index is 2.83. The molecule has 0 aromatic carbocycles. The third-order valence-electron chi connectivity index (χ3n) is 2.42. The van der Waals surface area contributed by atoms with Crippen LogP contribution in [0.4, 0.5) is 0 Å². The predicted molar refractivity (Wildman–Crippen MR) is 67.7 cm³/mol. The second-order valence-electron chi connectivity index (χ2n) is 4.35. The Morgan fingerprint density at radius 3 is 2.88 bits per heavy atom. The molecule has 0 bridgehead atoms. The summed E-state index contributed by atoms with van der Waals surface area (Å²) >= 11 is 5.69. The molecule has 0 aliphatic heterocycles. The summed E-state index contributed by atoms with van der Waals surface area (Å²) in [6.07, 6.45) is 3.78. The predicted octanol–water partition coefficient (Wildman–Crippen LogP) is 2.23. The fourth-order valence-corrected chi connectivity index (χ4v) is 1.88. The summed E-state index contributed by atoms with van der Waals surface area (Å²) in [5, 5.41) is 2.92. The molecule has 1 aromatic heterocycles. The van der Waals surface area contributed by atoms with Crippen molar-refractivity contribution in [1.82, 2.24) is 10.3 Å². The minimum Gasteiger partial charge on any atom is -0.494 e. The number of pyridine rings is 1. The molecule has 1 amide bonds. The molecule has 17 heavy (non-hydrogen) atoms. The largest absolute Gasteiger partial charge is 0.494 e. The lowest BCUT2D eigenvalue weighted by Crippen LogP contribution is -2.43. The monoisotopic (exact) mass is 256 g/mol. The summed E-state index contributed by atoms with van der Waals surface area (Å²) in [6.45, 7) is 3.86. The van der Waals surface area contributed by atoms with Gasteiger partial charge >= 0.3 is 0 Å². The van der Waals surface area contributed by atoms with E-state index < -0.39 is 0 Å². The van der Waals surface area contributed by atoms with Crippen LogP contribution in [0.25, 0.3) is 0 Å². The van der Waals surface area contributed by atoms with Gasteiger partial charge in [0.2, 0.25) is 0 Å². The van der Waals surface area contributed by atoms with Crippen LogP contribution in [0.3, 0.4) is 0 Å². The first-order valence-electron chi connectivity index (χ1n) is 5.36. The highest BCUT2D eigenvalue weighted by atomic mass is 35.5.